The Morgan fingerprint density at radius 3 is 2.77 bits per heavy atom. The first kappa shape index (κ1) is 18.7. The maximum Gasteiger partial charge on any atom is 0.240 e. The first-order valence-electron chi connectivity index (χ1n) is 7.37. The van der Waals surface area contributed by atoms with Gasteiger partial charge in [-0.25, -0.2) is 0 Å². The van der Waals surface area contributed by atoms with Gasteiger partial charge in [-0.1, -0.05) is 12.1 Å². The van der Waals surface area contributed by atoms with Crippen LogP contribution in [0.2, 0.25) is 0 Å². The van der Waals surface area contributed by atoms with Gasteiger partial charge in [0.1, 0.15) is 12.4 Å². The van der Waals surface area contributed by atoms with Crippen LogP contribution >= 0.6 is 12.4 Å². The van der Waals surface area contributed by atoms with Crippen molar-refractivity contribution < 1.29 is 14.3 Å². The lowest BCUT2D eigenvalue weighted by Gasteiger charge is -2.32. The number of halogens is 1. The molecule has 1 aliphatic heterocycles. The third-order valence-corrected chi connectivity index (χ3v) is 3.70. The number of nitrogens with two attached hydrogens (primary N) is 1. The zero-order valence-corrected chi connectivity index (χ0v) is 13.9. The quantitative estimate of drug-likeness (QED) is 0.864. The number of hydrogen-bond acceptors (Lipinski definition) is 4. The fourth-order valence-corrected chi connectivity index (χ4v) is 2.30. The molecule has 1 saturated heterocycles. The van der Waals surface area contributed by atoms with Crippen LogP contribution in [0.3, 0.4) is 0 Å². The molecule has 0 spiro atoms. The molecule has 1 fully saturated rings. The van der Waals surface area contributed by atoms with Gasteiger partial charge >= 0.3 is 0 Å². The van der Waals surface area contributed by atoms with Crippen LogP contribution in [0.4, 0.5) is 0 Å². The Hall–Kier alpha value is -1.30. The van der Waals surface area contributed by atoms with Gasteiger partial charge in [-0.05, 0) is 44.4 Å². The summed E-state index contributed by atoms with van der Waals surface area (Å²) in [7, 11) is 0. The van der Waals surface area contributed by atoms with Crippen LogP contribution in [0.25, 0.3) is 0 Å². The molecule has 1 aromatic carbocycles. The number of amides is 1. The number of ether oxygens (including phenoxy) is 2. The molecule has 1 heterocycles. The Kier molecular flexibility index (Phi) is 7.13. The lowest BCUT2D eigenvalue weighted by atomic mass is 9.90. The maximum absolute atomic E-state index is 12.2. The van der Waals surface area contributed by atoms with Gasteiger partial charge in [0.15, 0.2) is 0 Å². The molecule has 1 atom stereocenters. The van der Waals surface area contributed by atoms with E-state index in [1.54, 1.807) is 0 Å². The van der Waals surface area contributed by atoms with E-state index < -0.39 is 5.54 Å². The number of nitrogens with one attached hydrogen (secondary N) is 1. The highest BCUT2D eigenvalue weighted by Gasteiger charge is 2.36. The van der Waals surface area contributed by atoms with E-state index in [2.05, 4.69) is 5.32 Å². The number of aryl methyl sites for hydroxylation is 1. The second-order valence-electron chi connectivity index (χ2n) is 5.77. The molecular weight excluding hydrogens is 304 g/mol. The smallest absolute Gasteiger partial charge is 0.240 e. The molecule has 0 bridgehead atoms. The standard InChI is InChI=1S/C16H24N2O3.ClH/c1-12-4-3-5-14(10-12)21-11-13(2)18-15(19)16(17)6-8-20-9-7-16;/h3-5,10,13H,6-9,11,17H2,1-2H3,(H,18,19);1H. The van der Waals surface area contributed by atoms with E-state index in [0.29, 0.717) is 32.7 Å². The second-order valence-corrected chi connectivity index (χ2v) is 5.77. The first-order chi connectivity index (χ1) is 9.99. The topological polar surface area (TPSA) is 73.6 Å². The minimum Gasteiger partial charge on any atom is -0.491 e. The van der Waals surface area contributed by atoms with E-state index in [-0.39, 0.29) is 24.4 Å². The third kappa shape index (κ3) is 5.16. The van der Waals surface area contributed by atoms with E-state index in [0.717, 1.165) is 11.3 Å². The lowest BCUT2D eigenvalue weighted by Crippen LogP contribution is -2.58. The van der Waals surface area contributed by atoms with E-state index in [1.807, 2.05) is 38.1 Å². The summed E-state index contributed by atoms with van der Waals surface area (Å²) in [6.45, 7) is 5.43. The SMILES string of the molecule is Cc1cccc(OCC(C)NC(=O)C2(N)CCOCC2)c1.Cl. The molecule has 1 unspecified atom stereocenters. The molecule has 0 aliphatic carbocycles. The fourth-order valence-electron chi connectivity index (χ4n) is 2.30. The summed E-state index contributed by atoms with van der Waals surface area (Å²) >= 11 is 0. The Balaban J connectivity index is 0.00000242. The lowest BCUT2D eigenvalue weighted by molar-refractivity contribution is -0.130. The van der Waals surface area contributed by atoms with Crippen molar-refractivity contribution in [1.29, 1.82) is 0 Å². The van der Waals surface area contributed by atoms with Gasteiger partial charge < -0.3 is 20.5 Å². The van der Waals surface area contributed by atoms with Gasteiger partial charge in [0, 0.05) is 13.2 Å². The van der Waals surface area contributed by atoms with Gasteiger partial charge in [-0.2, -0.15) is 0 Å². The Bertz CT molecular complexity index is 490. The van der Waals surface area contributed by atoms with Crippen LogP contribution in [-0.2, 0) is 9.53 Å². The van der Waals surface area contributed by atoms with Crippen molar-refractivity contribution in [1.82, 2.24) is 5.32 Å². The van der Waals surface area contributed by atoms with E-state index >= 15 is 0 Å². The first-order valence-corrected chi connectivity index (χ1v) is 7.37. The molecule has 6 heteroatoms. The highest BCUT2D eigenvalue weighted by atomic mass is 35.5. The molecule has 2 rings (SSSR count). The van der Waals surface area contributed by atoms with Crippen molar-refractivity contribution in [3.8, 4) is 5.75 Å². The van der Waals surface area contributed by atoms with Crippen LogP contribution in [0.5, 0.6) is 5.75 Å². The summed E-state index contributed by atoms with van der Waals surface area (Å²) in [5.74, 6) is 0.691. The van der Waals surface area contributed by atoms with Gasteiger partial charge in [0.25, 0.3) is 0 Å². The monoisotopic (exact) mass is 328 g/mol. The third-order valence-electron chi connectivity index (χ3n) is 3.70. The van der Waals surface area contributed by atoms with Crippen LogP contribution in [-0.4, -0.2) is 37.3 Å². The highest BCUT2D eigenvalue weighted by molar-refractivity contribution is 5.86. The summed E-state index contributed by atoms with van der Waals surface area (Å²) < 4.78 is 10.9. The number of benzene rings is 1. The molecule has 22 heavy (non-hydrogen) atoms. The van der Waals surface area contributed by atoms with Crippen molar-refractivity contribution in [3.63, 3.8) is 0 Å². The van der Waals surface area contributed by atoms with Crippen molar-refractivity contribution in [3.05, 3.63) is 29.8 Å². The molecule has 124 valence electrons. The average Bonchev–Trinajstić information content (AvgIpc) is 2.46. The Labute approximate surface area is 138 Å². The van der Waals surface area contributed by atoms with Gasteiger partial charge in [0.2, 0.25) is 5.91 Å². The highest BCUT2D eigenvalue weighted by Crippen LogP contribution is 2.18. The minimum absolute atomic E-state index is 0. The van der Waals surface area contributed by atoms with Crippen molar-refractivity contribution in [2.24, 2.45) is 5.73 Å². The molecular formula is C16H25ClN2O3. The van der Waals surface area contributed by atoms with Crippen molar-refractivity contribution in [2.75, 3.05) is 19.8 Å². The second kappa shape index (κ2) is 8.36. The van der Waals surface area contributed by atoms with Gasteiger partial charge in [-0.15, -0.1) is 12.4 Å². The zero-order chi connectivity index (χ0) is 15.3. The summed E-state index contributed by atoms with van der Waals surface area (Å²) in [6.07, 6.45) is 1.12. The maximum atomic E-state index is 12.2. The van der Waals surface area contributed by atoms with E-state index in [1.165, 1.54) is 0 Å². The normalized spacial score (nSPS) is 18.0. The summed E-state index contributed by atoms with van der Waals surface area (Å²) in [5.41, 5.74) is 6.48. The molecule has 0 radical (unpaired) electrons. The molecule has 3 N–H and O–H groups in total. The number of carbonyl (C=O) groups is 1. The predicted octanol–water partition coefficient (Wildman–Crippen LogP) is 1.81. The Morgan fingerprint density at radius 2 is 2.14 bits per heavy atom. The summed E-state index contributed by atoms with van der Waals surface area (Å²) in [6, 6.07) is 7.75. The van der Waals surface area contributed by atoms with E-state index in [9.17, 15) is 4.79 Å². The number of carbonyl (C=O) groups excluding carboxylic acids is 1. The summed E-state index contributed by atoms with van der Waals surface area (Å²) in [5, 5.41) is 2.93. The Morgan fingerprint density at radius 1 is 1.45 bits per heavy atom. The number of hydrogen-bond donors (Lipinski definition) is 2. The fraction of sp³-hybridized carbons (Fsp3) is 0.562. The van der Waals surface area contributed by atoms with Crippen LogP contribution < -0.4 is 15.8 Å². The minimum atomic E-state index is -0.810. The largest absolute Gasteiger partial charge is 0.491 e. The molecule has 1 amide bonds. The zero-order valence-electron chi connectivity index (χ0n) is 13.1. The molecule has 1 aliphatic rings. The number of rotatable bonds is 5. The van der Waals surface area contributed by atoms with Crippen molar-refractivity contribution in [2.45, 2.75) is 38.3 Å². The van der Waals surface area contributed by atoms with Gasteiger partial charge in [0.05, 0.1) is 11.6 Å². The predicted molar refractivity (Wildman–Crippen MR) is 88.5 cm³/mol. The summed E-state index contributed by atoms with van der Waals surface area (Å²) in [4.78, 5) is 12.2. The molecule has 5 nitrogen and oxygen atoms in total. The molecule has 1 aromatic rings. The molecule has 0 saturated carbocycles. The molecule has 0 aromatic heterocycles. The van der Waals surface area contributed by atoms with Crippen molar-refractivity contribution >= 4 is 18.3 Å². The van der Waals surface area contributed by atoms with Crippen LogP contribution in [0.1, 0.15) is 25.3 Å². The van der Waals surface area contributed by atoms with Crippen LogP contribution in [0.15, 0.2) is 24.3 Å². The van der Waals surface area contributed by atoms with E-state index in [4.69, 9.17) is 15.2 Å². The van der Waals surface area contributed by atoms with Gasteiger partial charge in [-0.3, -0.25) is 4.79 Å². The van der Waals surface area contributed by atoms with Crippen LogP contribution in [0, 0.1) is 6.92 Å². The average molecular weight is 329 g/mol.